The molecular weight excluding hydrogens is 309 g/mol. The molecule has 0 atom stereocenters. The molecule has 0 unspecified atom stereocenters. The fourth-order valence-electron chi connectivity index (χ4n) is 1.28. The van der Waals surface area contributed by atoms with Gasteiger partial charge in [0, 0.05) is 5.56 Å². The second kappa shape index (κ2) is 6.10. The molecule has 19 heavy (non-hydrogen) atoms. The maximum atomic E-state index is 9.54. The summed E-state index contributed by atoms with van der Waals surface area (Å²) in [5.41, 5.74) is 3.19. The third kappa shape index (κ3) is 3.50. The molecule has 2 aromatic rings. The number of pyridine rings is 1. The molecule has 0 amide bonds. The van der Waals surface area contributed by atoms with E-state index in [2.05, 4.69) is 15.5 Å². The number of hydrogen-bond donors (Lipinski definition) is 2. The molecule has 98 valence electrons. The number of para-hydroxylation sites is 1. The zero-order valence-electron chi connectivity index (χ0n) is 9.44. The number of benzene rings is 1. The van der Waals surface area contributed by atoms with Crippen molar-refractivity contribution in [1.29, 1.82) is 0 Å². The topological polar surface area (TPSA) is 57.5 Å². The maximum Gasteiger partial charge on any atom is 0.166 e. The van der Waals surface area contributed by atoms with Crippen LogP contribution in [-0.2, 0) is 0 Å². The first kappa shape index (κ1) is 13.9. The number of nitrogens with one attached hydrogen (secondary N) is 1. The van der Waals surface area contributed by atoms with Crippen LogP contribution >= 0.6 is 34.8 Å². The standard InChI is InChI=1S/C12H8Cl3N3O/c13-8-5-9(14)12(17-11(8)15)18-16-6-7-3-1-2-4-10(7)19/h1-6,19H,(H,17,18). The van der Waals surface area contributed by atoms with Crippen molar-refractivity contribution in [2.75, 3.05) is 5.43 Å². The molecule has 0 spiro atoms. The summed E-state index contributed by atoms with van der Waals surface area (Å²) in [7, 11) is 0. The van der Waals surface area contributed by atoms with E-state index in [-0.39, 0.29) is 21.7 Å². The third-order valence-corrected chi connectivity index (χ3v) is 3.16. The molecular formula is C12H8Cl3N3O. The van der Waals surface area contributed by atoms with Crippen molar-refractivity contribution in [3.63, 3.8) is 0 Å². The minimum Gasteiger partial charge on any atom is -0.507 e. The molecule has 2 rings (SSSR count). The Balaban J connectivity index is 2.15. The second-order valence-corrected chi connectivity index (χ2v) is 4.69. The average molecular weight is 317 g/mol. The molecule has 0 fully saturated rings. The fourth-order valence-corrected chi connectivity index (χ4v) is 1.82. The highest BCUT2D eigenvalue weighted by atomic mass is 35.5. The molecule has 7 heteroatoms. The minimum atomic E-state index is 0.126. The van der Waals surface area contributed by atoms with Crippen LogP contribution in [0.5, 0.6) is 5.75 Å². The maximum absolute atomic E-state index is 9.54. The van der Waals surface area contributed by atoms with Gasteiger partial charge in [0.25, 0.3) is 0 Å². The third-order valence-electron chi connectivity index (χ3n) is 2.20. The molecule has 0 saturated heterocycles. The Labute approximate surface area is 124 Å². The second-order valence-electron chi connectivity index (χ2n) is 3.52. The molecule has 0 saturated carbocycles. The van der Waals surface area contributed by atoms with E-state index in [4.69, 9.17) is 34.8 Å². The summed E-state index contributed by atoms with van der Waals surface area (Å²) >= 11 is 17.5. The number of phenolic OH excluding ortho intramolecular Hbond substituents is 1. The normalized spacial score (nSPS) is 10.9. The lowest BCUT2D eigenvalue weighted by Crippen LogP contribution is -1.95. The highest BCUT2D eigenvalue weighted by molar-refractivity contribution is 6.42. The van der Waals surface area contributed by atoms with E-state index in [0.717, 1.165) is 0 Å². The number of anilines is 1. The Morgan fingerprint density at radius 1 is 1.16 bits per heavy atom. The van der Waals surface area contributed by atoms with Crippen molar-refractivity contribution in [3.8, 4) is 5.75 Å². The molecule has 0 aliphatic rings. The van der Waals surface area contributed by atoms with Gasteiger partial charge in [0.15, 0.2) is 5.82 Å². The summed E-state index contributed by atoms with van der Waals surface area (Å²) in [6.07, 6.45) is 1.44. The molecule has 4 nitrogen and oxygen atoms in total. The number of aromatic nitrogens is 1. The van der Waals surface area contributed by atoms with Crippen LogP contribution in [-0.4, -0.2) is 16.3 Å². The smallest absolute Gasteiger partial charge is 0.166 e. The van der Waals surface area contributed by atoms with Crippen LogP contribution in [0, 0.1) is 0 Å². The first-order valence-corrected chi connectivity index (χ1v) is 6.30. The van der Waals surface area contributed by atoms with Crippen LogP contribution in [0.1, 0.15) is 5.56 Å². The number of hydrazone groups is 1. The summed E-state index contributed by atoms with van der Waals surface area (Å²) in [6.45, 7) is 0. The summed E-state index contributed by atoms with van der Waals surface area (Å²) < 4.78 is 0. The lowest BCUT2D eigenvalue weighted by atomic mass is 10.2. The quantitative estimate of drug-likeness (QED) is 0.507. The lowest BCUT2D eigenvalue weighted by molar-refractivity contribution is 0.474. The molecule has 0 radical (unpaired) electrons. The minimum absolute atomic E-state index is 0.126. The molecule has 1 aromatic heterocycles. The van der Waals surface area contributed by atoms with Crippen molar-refractivity contribution in [2.45, 2.75) is 0 Å². The SMILES string of the molecule is Oc1ccccc1C=NNc1nc(Cl)c(Cl)cc1Cl. The largest absolute Gasteiger partial charge is 0.507 e. The Morgan fingerprint density at radius 3 is 2.63 bits per heavy atom. The highest BCUT2D eigenvalue weighted by Crippen LogP contribution is 2.28. The Bertz CT molecular complexity index is 632. The van der Waals surface area contributed by atoms with Gasteiger partial charge in [0.1, 0.15) is 10.9 Å². The van der Waals surface area contributed by atoms with Gasteiger partial charge >= 0.3 is 0 Å². The summed E-state index contributed by atoms with van der Waals surface area (Å²) in [4.78, 5) is 3.94. The number of halogens is 3. The molecule has 0 aliphatic carbocycles. The van der Waals surface area contributed by atoms with E-state index in [1.54, 1.807) is 24.3 Å². The highest BCUT2D eigenvalue weighted by Gasteiger charge is 2.06. The monoisotopic (exact) mass is 315 g/mol. The average Bonchev–Trinajstić information content (AvgIpc) is 2.38. The van der Waals surface area contributed by atoms with E-state index >= 15 is 0 Å². The van der Waals surface area contributed by atoms with Gasteiger partial charge in [-0.1, -0.05) is 46.9 Å². The van der Waals surface area contributed by atoms with Gasteiger partial charge < -0.3 is 5.11 Å². The van der Waals surface area contributed by atoms with Crippen molar-refractivity contribution < 1.29 is 5.11 Å². The molecule has 2 N–H and O–H groups in total. The zero-order chi connectivity index (χ0) is 13.8. The first-order valence-electron chi connectivity index (χ1n) is 5.16. The van der Waals surface area contributed by atoms with E-state index in [1.807, 2.05) is 0 Å². The summed E-state index contributed by atoms with van der Waals surface area (Å²) in [6, 6.07) is 8.25. The van der Waals surface area contributed by atoms with E-state index in [0.29, 0.717) is 10.6 Å². The van der Waals surface area contributed by atoms with E-state index < -0.39 is 0 Å². The van der Waals surface area contributed by atoms with Crippen LogP contribution in [0.2, 0.25) is 15.2 Å². The van der Waals surface area contributed by atoms with Crippen LogP contribution in [0.15, 0.2) is 35.4 Å². The van der Waals surface area contributed by atoms with E-state index in [9.17, 15) is 5.11 Å². The zero-order valence-corrected chi connectivity index (χ0v) is 11.7. The van der Waals surface area contributed by atoms with Gasteiger partial charge in [-0.2, -0.15) is 5.10 Å². The predicted molar refractivity (Wildman–Crippen MR) is 78.6 cm³/mol. The van der Waals surface area contributed by atoms with Gasteiger partial charge in [-0.25, -0.2) is 4.98 Å². The number of aromatic hydroxyl groups is 1. The van der Waals surface area contributed by atoms with Gasteiger partial charge in [-0.3, -0.25) is 5.43 Å². The molecule has 0 bridgehead atoms. The van der Waals surface area contributed by atoms with Crippen LogP contribution in [0.4, 0.5) is 5.82 Å². The van der Waals surface area contributed by atoms with Crippen LogP contribution in [0.25, 0.3) is 0 Å². The molecule has 1 aromatic carbocycles. The van der Waals surface area contributed by atoms with E-state index in [1.165, 1.54) is 12.3 Å². The molecule has 1 heterocycles. The number of phenols is 1. The Hall–Kier alpha value is -1.49. The predicted octanol–water partition coefficient (Wildman–Crippen LogP) is 4.19. The summed E-state index contributed by atoms with van der Waals surface area (Å²) in [5.74, 6) is 0.406. The number of rotatable bonds is 3. The van der Waals surface area contributed by atoms with Crippen LogP contribution in [0.3, 0.4) is 0 Å². The number of hydrogen-bond acceptors (Lipinski definition) is 4. The fraction of sp³-hybridized carbons (Fsp3) is 0. The summed E-state index contributed by atoms with van der Waals surface area (Å²) in [5, 5.41) is 14.2. The van der Waals surface area contributed by atoms with Gasteiger partial charge in [0.05, 0.1) is 16.3 Å². The van der Waals surface area contributed by atoms with Crippen molar-refractivity contribution in [1.82, 2.24) is 4.98 Å². The molecule has 0 aliphatic heterocycles. The van der Waals surface area contributed by atoms with Crippen molar-refractivity contribution >= 4 is 46.8 Å². The van der Waals surface area contributed by atoms with Crippen molar-refractivity contribution in [2.24, 2.45) is 5.10 Å². The first-order chi connectivity index (χ1) is 9.08. The Morgan fingerprint density at radius 2 is 1.89 bits per heavy atom. The lowest BCUT2D eigenvalue weighted by Gasteiger charge is -2.04. The Kier molecular flexibility index (Phi) is 4.47. The van der Waals surface area contributed by atoms with Gasteiger partial charge in [-0.15, -0.1) is 0 Å². The van der Waals surface area contributed by atoms with Gasteiger partial charge in [0.2, 0.25) is 0 Å². The number of nitrogens with zero attached hydrogens (tertiary/aromatic N) is 2. The van der Waals surface area contributed by atoms with Crippen LogP contribution < -0.4 is 5.43 Å². The van der Waals surface area contributed by atoms with Gasteiger partial charge in [-0.05, 0) is 18.2 Å². The van der Waals surface area contributed by atoms with Crippen molar-refractivity contribution in [3.05, 3.63) is 51.1 Å².